The zero-order valence-corrected chi connectivity index (χ0v) is 15.3. The predicted molar refractivity (Wildman–Crippen MR) is 98.6 cm³/mol. The molecule has 3 N–H and O–H groups in total. The number of quaternary nitrogens is 1. The van der Waals surface area contributed by atoms with E-state index in [-0.39, 0.29) is 24.9 Å². The van der Waals surface area contributed by atoms with Gasteiger partial charge in [-0.05, 0) is 42.5 Å². The van der Waals surface area contributed by atoms with E-state index >= 15 is 0 Å². The fourth-order valence-corrected chi connectivity index (χ4v) is 2.81. The maximum absolute atomic E-state index is 13.1. The van der Waals surface area contributed by atoms with Gasteiger partial charge in [-0.1, -0.05) is 17.8 Å². The van der Waals surface area contributed by atoms with Crippen LogP contribution in [0.2, 0.25) is 0 Å². The Balaban J connectivity index is 1.78. The van der Waals surface area contributed by atoms with Crippen LogP contribution >= 0.6 is 11.8 Å². The van der Waals surface area contributed by atoms with Gasteiger partial charge in [-0.25, -0.2) is 4.39 Å². The monoisotopic (exact) mass is 398 g/mol. The van der Waals surface area contributed by atoms with Crippen molar-refractivity contribution in [2.24, 2.45) is 0 Å². The van der Waals surface area contributed by atoms with Gasteiger partial charge >= 0.3 is 0 Å². The lowest BCUT2D eigenvalue weighted by molar-refractivity contribution is -0.862. The van der Waals surface area contributed by atoms with Crippen molar-refractivity contribution in [2.45, 2.75) is 10.7 Å². The number of anilines is 2. The van der Waals surface area contributed by atoms with E-state index < -0.39 is 11.6 Å². The Morgan fingerprint density at radius 2 is 1.59 bits per heavy atom. The molecule has 2 aromatic rings. The summed E-state index contributed by atoms with van der Waals surface area (Å²) in [6, 6.07) is 11.6. The lowest BCUT2D eigenvalue weighted by atomic mass is 10.3. The van der Waals surface area contributed by atoms with Crippen molar-refractivity contribution in [2.75, 3.05) is 30.8 Å². The number of carbonyl (C=O) groups excluding carboxylic acids is 2. The van der Waals surface area contributed by atoms with Crippen LogP contribution < -0.4 is 15.5 Å². The van der Waals surface area contributed by atoms with Crippen LogP contribution in [0.1, 0.15) is 0 Å². The summed E-state index contributed by atoms with van der Waals surface area (Å²) in [5, 5.41) is 5.21. The highest BCUT2D eigenvalue weighted by molar-refractivity contribution is 7.99. The molecule has 2 aromatic carbocycles. The van der Waals surface area contributed by atoms with E-state index in [1.165, 1.54) is 42.5 Å². The van der Waals surface area contributed by atoms with E-state index in [4.69, 9.17) is 0 Å². The van der Waals surface area contributed by atoms with E-state index in [2.05, 4.69) is 10.6 Å². The minimum Gasteiger partial charge on any atom is -0.322 e. The van der Waals surface area contributed by atoms with Gasteiger partial charge in [0.2, 0.25) is 0 Å². The maximum Gasteiger partial charge on any atom is 0.288 e. The number of benzene rings is 2. The Labute approximate surface area is 158 Å². The third-order valence-corrected chi connectivity index (χ3v) is 4.12. The molecule has 144 valence electrons. The first-order valence-corrected chi connectivity index (χ1v) is 8.91. The Bertz CT molecular complexity index is 788. The lowest BCUT2D eigenvalue weighted by Crippen LogP contribution is -3.11. The molecule has 5 nitrogen and oxygen atoms in total. The number of rotatable bonds is 8. The Morgan fingerprint density at radius 1 is 1.00 bits per heavy atom. The van der Waals surface area contributed by atoms with E-state index in [0.29, 0.717) is 32.9 Å². The van der Waals surface area contributed by atoms with Gasteiger partial charge in [0, 0.05) is 16.3 Å². The fourth-order valence-electron chi connectivity index (χ4n) is 2.31. The first-order valence-electron chi connectivity index (χ1n) is 8.03. The molecule has 9 heteroatoms. The normalized spacial score (nSPS) is 11.9. The third-order valence-electron chi connectivity index (χ3n) is 3.40. The molecule has 0 saturated heterocycles. The van der Waals surface area contributed by atoms with Crippen molar-refractivity contribution in [3.63, 3.8) is 0 Å². The molecule has 0 aliphatic carbocycles. The number of thioether (sulfide) groups is 1. The molecule has 0 spiro atoms. The highest BCUT2D eigenvalue weighted by Gasteiger charge is 2.15. The van der Waals surface area contributed by atoms with Crippen molar-refractivity contribution >= 4 is 35.0 Å². The van der Waals surface area contributed by atoms with Crippen molar-refractivity contribution < 1.29 is 27.7 Å². The minimum absolute atomic E-state index is 0.0217. The molecule has 0 aliphatic rings. The van der Waals surface area contributed by atoms with Crippen LogP contribution in [0, 0.1) is 5.82 Å². The lowest BCUT2D eigenvalue weighted by Gasteiger charge is -2.14. The van der Waals surface area contributed by atoms with Crippen LogP contribution in [0.3, 0.4) is 0 Å². The average molecular weight is 398 g/mol. The molecule has 1 unspecified atom stereocenters. The van der Waals surface area contributed by atoms with Crippen molar-refractivity contribution in [3.8, 4) is 0 Å². The SMILES string of the molecule is C[NH+](CC(=O)Nc1ccc(SC(F)F)cc1)CC(=O)Nc1cccc(F)c1. The molecule has 0 bridgehead atoms. The second-order valence-electron chi connectivity index (χ2n) is 5.82. The molecule has 0 aromatic heterocycles. The zero-order valence-electron chi connectivity index (χ0n) is 14.5. The largest absolute Gasteiger partial charge is 0.322 e. The van der Waals surface area contributed by atoms with Gasteiger partial charge in [-0.2, -0.15) is 8.78 Å². The Kier molecular flexibility index (Phi) is 7.68. The smallest absolute Gasteiger partial charge is 0.288 e. The predicted octanol–water partition coefficient (Wildman–Crippen LogP) is 2.23. The van der Waals surface area contributed by atoms with Crippen LogP contribution in [0.4, 0.5) is 24.5 Å². The summed E-state index contributed by atoms with van der Waals surface area (Å²) in [5.74, 6) is -3.62. The minimum atomic E-state index is -2.50. The van der Waals surface area contributed by atoms with Gasteiger partial charge in [-0.15, -0.1) is 0 Å². The number of likely N-dealkylation sites (N-methyl/N-ethyl adjacent to an activating group) is 1. The number of alkyl halides is 2. The van der Waals surface area contributed by atoms with Gasteiger partial charge in [0.15, 0.2) is 13.1 Å². The van der Waals surface area contributed by atoms with E-state index in [0.717, 1.165) is 0 Å². The summed E-state index contributed by atoms with van der Waals surface area (Å²) >= 11 is 0.427. The van der Waals surface area contributed by atoms with E-state index in [1.54, 1.807) is 13.1 Å². The molecule has 2 rings (SSSR count). The van der Waals surface area contributed by atoms with Crippen LogP contribution in [-0.4, -0.2) is 37.7 Å². The molecule has 0 saturated carbocycles. The number of carbonyl (C=O) groups is 2. The first kappa shape index (κ1) is 20.8. The van der Waals surface area contributed by atoms with Crippen LogP contribution in [-0.2, 0) is 9.59 Å². The Hall–Kier alpha value is -2.52. The van der Waals surface area contributed by atoms with Gasteiger partial charge in [0.05, 0.1) is 7.05 Å². The summed E-state index contributed by atoms with van der Waals surface area (Å²) in [7, 11) is 1.67. The number of amides is 2. The summed E-state index contributed by atoms with van der Waals surface area (Å²) in [6.07, 6.45) is 0. The molecule has 27 heavy (non-hydrogen) atoms. The standard InChI is InChI=1S/C18H18F3N3O2S/c1-24(11-17(26)23-14-4-2-3-12(19)9-14)10-16(25)22-13-5-7-15(8-6-13)27-18(20)21/h2-9,18H,10-11H2,1H3,(H,22,25)(H,23,26)/p+1. The first-order chi connectivity index (χ1) is 12.8. The van der Waals surface area contributed by atoms with Gasteiger partial charge in [0.1, 0.15) is 5.82 Å². The summed E-state index contributed by atoms with van der Waals surface area (Å²) < 4.78 is 37.6. The number of halogens is 3. The summed E-state index contributed by atoms with van der Waals surface area (Å²) in [5.41, 5.74) is 0.828. The molecule has 0 heterocycles. The quantitative estimate of drug-likeness (QED) is 0.598. The number of hydrogen-bond donors (Lipinski definition) is 3. The second kappa shape index (κ2) is 9.98. The maximum atomic E-state index is 13.1. The summed E-state index contributed by atoms with van der Waals surface area (Å²) in [6.45, 7) is 0.0536. The fraction of sp³-hybridized carbons (Fsp3) is 0.222. The molecular formula is C18H19F3N3O2S+. The van der Waals surface area contributed by atoms with Crippen molar-refractivity contribution in [3.05, 3.63) is 54.3 Å². The number of hydrogen-bond acceptors (Lipinski definition) is 3. The molecular weight excluding hydrogens is 379 g/mol. The molecule has 0 aliphatic heterocycles. The van der Waals surface area contributed by atoms with E-state index in [1.807, 2.05) is 0 Å². The van der Waals surface area contributed by atoms with Crippen molar-refractivity contribution in [1.29, 1.82) is 0 Å². The van der Waals surface area contributed by atoms with Crippen molar-refractivity contribution in [1.82, 2.24) is 0 Å². The van der Waals surface area contributed by atoms with E-state index in [9.17, 15) is 22.8 Å². The molecule has 0 radical (unpaired) electrons. The average Bonchev–Trinajstić information content (AvgIpc) is 2.55. The Morgan fingerprint density at radius 3 is 2.15 bits per heavy atom. The third kappa shape index (κ3) is 7.71. The summed E-state index contributed by atoms with van der Waals surface area (Å²) in [4.78, 5) is 25.0. The second-order valence-corrected chi connectivity index (χ2v) is 6.88. The van der Waals surface area contributed by atoms with Gasteiger partial charge < -0.3 is 15.5 Å². The van der Waals surface area contributed by atoms with Gasteiger partial charge in [-0.3, -0.25) is 9.59 Å². The van der Waals surface area contributed by atoms with Crippen LogP contribution in [0.5, 0.6) is 0 Å². The molecule has 2 amide bonds. The highest BCUT2D eigenvalue weighted by Crippen LogP contribution is 2.26. The van der Waals surface area contributed by atoms with Gasteiger partial charge in [0.25, 0.3) is 17.6 Å². The highest BCUT2D eigenvalue weighted by atomic mass is 32.2. The topological polar surface area (TPSA) is 62.6 Å². The molecule has 0 fully saturated rings. The zero-order chi connectivity index (χ0) is 19.8. The number of nitrogens with one attached hydrogen (secondary N) is 3. The molecule has 1 atom stereocenters. The van der Waals surface area contributed by atoms with Crippen LogP contribution in [0.25, 0.3) is 0 Å². The van der Waals surface area contributed by atoms with Crippen LogP contribution in [0.15, 0.2) is 53.4 Å².